The number of ether oxygens (including phenoxy) is 1. The van der Waals surface area contributed by atoms with Crippen LogP contribution < -0.4 is 10.1 Å². The van der Waals surface area contributed by atoms with Gasteiger partial charge in [0.25, 0.3) is 5.92 Å². The highest BCUT2D eigenvalue weighted by Gasteiger charge is 2.36. The lowest BCUT2D eigenvalue weighted by Gasteiger charge is -2.26. The van der Waals surface area contributed by atoms with Crippen molar-refractivity contribution in [3.05, 3.63) is 29.3 Å². The zero-order chi connectivity index (χ0) is 10.2. The molecule has 0 aliphatic carbocycles. The van der Waals surface area contributed by atoms with Crippen LogP contribution in [0.3, 0.4) is 0 Å². The van der Waals surface area contributed by atoms with E-state index in [1.807, 2.05) is 0 Å². The number of methoxy groups -OCH3 is 1. The molecule has 1 aromatic carbocycles. The van der Waals surface area contributed by atoms with E-state index in [4.69, 9.17) is 4.74 Å². The van der Waals surface area contributed by atoms with Gasteiger partial charge < -0.3 is 10.1 Å². The first-order valence-corrected chi connectivity index (χ1v) is 4.39. The fourth-order valence-electron chi connectivity index (χ4n) is 1.65. The molecule has 1 aliphatic rings. The van der Waals surface area contributed by atoms with E-state index in [1.165, 1.54) is 13.2 Å². The number of alkyl halides is 2. The number of nitrogens with one attached hydrogen (secondary N) is 1. The van der Waals surface area contributed by atoms with Crippen molar-refractivity contribution in [3.63, 3.8) is 0 Å². The average Bonchev–Trinajstić information content (AvgIpc) is 2.16. The number of halogens is 2. The van der Waals surface area contributed by atoms with E-state index in [0.29, 0.717) is 17.9 Å². The Labute approximate surface area is 80.9 Å². The molecule has 1 N–H and O–H groups in total. The minimum atomic E-state index is -2.76. The summed E-state index contributed by atoms with van der Waals surface area (Å²) in [4.78, 5) is 0. The Morgan fingerprint density at radius 1 is 1.43 bits per heavy atom. The van der Waals surface area contributed by atoms with Crippen molar-refractivity contribution in [3.8, 4) is 5.75 Å². The molecule has 0 amide bonds. The van der Waals surface area contributed by atoms with Gasteiger partial charge in [-0.1, -0.05) is 0 Å². The van der Waals surface area contributed by atoms with Crippen molar-refractivity contribution in [2.45, 2.75) is 12.5 Å². The lowest BCUT2D eigenvalue weighted by molar-refractivity contribution is -0.0108. The summed E-state index contributed by atoms with van der Waals surface area (Å²) in [5, 5.41) is 2.68. The summed E-state index contributed by atoms with van der Waals surface area (Å²) in [5.74, 6) is -2.15. The molecule has 0 radical (unpaired) electrons. The van der Waals surface area contributed by atoms with Gasteiger partial charge in [-0.15, -0.1) is 0 Å². The van der Waals surface area contributed by atoms with Gasteiger partial charge in [0.05, 0.1) is 13.7 Å². The van der Waals surface area contributed by atoms with E-state index in [2.05, 4.69) is 5.32 Å². The lowest BCUT2D eigenvalue weighted by Crippen LogP contribution is -2.36. The van der Waals surface area contributed by atoms with Gasteiger partial charge in [0.15, 0.2) is 0 Å². The molecular formula is C10H11F2NO. The van der Waals surface area contributed by atoms with Crippen molar-refractivity contribution < 1.29 is 13.5 Å². The van der Waals surface area contributed by atoms with Crippen LogP contribution in [0, 0.1) is 0 Å². The van der Waals surface area contributed by atoms with E-state index in [0.717, 1.165) is 0 Å². The van der Waals surface area contributed by atoms with Crippen LogP contribution >= 0.6 is 0 Å². The van der Waals surface area contributed by atoms with Crippen LogP contribution in [0.5, 0.6) is 5.75 Å². The predicted molar refractivity (Wildman–Crippen MR) is 48.6 cm³/mol. The maximum absolute atomic E-state index is 13.3. The first-order valence-electron chi connectivity index (χ1n) is 4.39. The Balaban J connectivity index is 2.46. The van der Waals surface area contributed by atoms with Gasteiger partial charge in [-0.2, -0.15) is 8.78 Å². The predicted octanol–water partition coefficient (Wildman–Crippen LogP) is 1.89. The molecule has 1 heterocycles. The molecule has 4 heteroatoms. The number of hydrogen-bond acceptors (Lipinski definition) is 2. The smallest absolute Gasteiger partial charge is 0.285 e. The summed E-state index contributed by atoms with van der Waals surface area (Å²) in [5.41, 5.74) is 0.720. The Hall–Kier alpha value is -1.16. The first kappa shape index (κ1) is 9.40. The molecule has 0 atom stereocenters. The first-order chi connectivity index (χ1) is 6.63. The third-order valence-electron chi connectivity index (χ3n) is 2.37. The number of hydrogen-bond donors (Lipinski definition) is 1. The largest absolute Gasteiger partial charge is 0.497 e. The maximum atomic E-state index is 13.3. The Morgan fingerprint density at radius 3 is 2.93 bits per heavy atom. The molecule has 14 heavy (non-hydrogen) atoms. The molecule has 0 spiro atoms. The van der Waals surface area contributed by atoms with Crippen LogP contribution in [-0.2, 0) is 12.5 Å². The molecule has 76 valence electrons. The SMILES string of the molecule is COc1ccc2c(c1)CNCC2(F)F. The second-order valence-electron chi connectivity index (χ2n) is 3.33. The summed E-state index contributed by atoms with van der Waals surface area (Å²) < 4.78 is 31.6. The normalized spacial score (nSPS) is 18.8. The second-order valence-corrected chi connectivity index (χ2v) is 3.33. The highest BCUT2D eigenvalue weighted by molar-refractivity contribution is 5.39. The van der Waals surface area contributed by atoms with Gasteiger partial charge in [-0.05, 0) is 23.8 Å². The molecule has 2 rings (SSSR count). The summed E-state index contributed by atoms with van der Waals surface area (Å²) >= 11 is 0. The number of benzene rings is 1. The Bertz CT molecular complexity index is 352. The van der Waals surface area contributed by atoms with Gasteiger partial charge in [0.1, 0.15) is 5.75 Å². The lowest BCUT2D eigenvalue weighted by atomic mass is 9.98. The zero-order valence-corrected chi connectivity index (χ0v) is 7.81. The van der Waals surface area contributed by atoms with E-state index >= 15 is 0 Å². The van der Waals surface area contributed by atoms with Crippen LogP contribution in [0.1, 0.15) is 11.1 Å². The molecule has 1 aromatic rings. The van der Waals surface area contributed by atoms with E-state index < -0.39 is 5.92 Å². The monoisotopic (exact) mass is 199 g/mol. The fourth-order valence-corrected chi connectivity index (χ4v) is 1.65. The molecule has 0 unspecified atom stereocenters. The molecule has 0 aromatic heterocycles. The van der Waals surface area contributed by atoms with Gasteiger partial charge in [-0.3, -0.25) is 0 Å². The molecule has 0 saturated heterocycles. The zero-order valence-electron chi connectivity index (χ0n) is 7.81. The third kappa shape index (κ3) is 1.46. The van der Waals surface area contributed by atoms with Gasteiger partial charge in [0, 0.05) is 12.1 Å². The molecule has 0 bridgehead atoms. The third-order valence-corrected chi connectivity index (χ3v) is 2.37. The van der Waals surface area contributed by atoms with Crippen LogP contribution in [0.25, 0.3) is 0 Å². The molecule has 1 aliphatic heterocycles. The molecule has 0 saturated carbocycles. The summed E-state index contributed by atoms with van der Waals surface area (Å²) in [6, 6.07) is 4.66. The highest BCUT2D eigenvalue weighted by Crippen LogP contribution is 2.34. The minimum Gasteiger partial charge on any atom is -0.497 e. The Morgan fingerprint density at radius 2 is 2.21 bits per heavy atom. The van der Waals surface area contributed by atoms with Crippen molar-refractivity contribution in [2.24, 2.45) is 0 Å². The maximum Gasteiger partial charge on any atom is 0.285 e. The minimum absolute atomic E-state index is 0.108. The topological polar surface area (TPSA) is 21.3 Å². The van der Waals surface area contributed by atoms with Crippen molar-refractivity contribution in [1.29, 1.82) is 0 Å². The average molecular weight is 199 g/mol. The van der Waals surface area contributed by atoms with E-state index in [1.54, 1.807) is 12.1 Å². The van der Waals surface area contributed by atoms with Crippen LogP contribution in [0.4, 0.5) is 8.78 Å². The number of fused-ring (bicyclic) bond motifs is 1. The summed E-state index contributed by atoms with van der Waals surface area (Å²) in [7, 11) is 1.52. The van der Waals surface area contributed by atoms with Crippen molar-refractivity contribution in [1.82, 2.24) is 5.32 Å². The molecule has 0 fully saturated rings. The molecule has 2 nitrogen and oxygen atoms in total. The Kier molecular flexibility index (Phi) is 2.15. The second kappa shape index (κ2) is 3.20. The van der Waals surface area contributed by atoms with E-state index in [9.17, 15) is 8.78 Å². The molecular weight excluding hydrogens is 188 g/mol. The van der Waals surface area contributed by atoms with Crippen LogP contribution in [0.15, 0.2) is 18.2 Å². The highest BCUT2D eigenvalue weighted by atomic mass is 19.3. The fraction of sp³-hybridized carbons (Fsp3) is 0.400. The van der Waals surface area contributed by atoms with E-state index in [-0.39, 0.29) is 12.1 Å². The van der Waals surface area contributed by atoms with Crippen LogP contribution in [-0.4, -0.2) is 13.7 Å². The summed E-state index contributed by atoms with van der Waals surface area (Å²) in [6.45, 7) is 0.189. The quantitative estimate of drug-likeness (QED) is 0.745. The van der Waals surface area contributed by atoms with Crippen molar-refractivity contribution in [2.75, 3.05) is 13.7 Å². The standard InChI is InChI=1S/C10H11F2NO/c1-14-8-2-3-9-7(4-8)5-13-6-10(9,11)12/h2-4,13H,5-6H2,1H3. The number of rotatable bonds is 1. The van der Waals surface area contributed by atoms with Gasteiger partial charge >= 0.3 is 0 Å². The van der Waals surface area contributed by atoms with Crippen molar-refractivity contribution >= 4 is 0 Å². The van der Waals surface area contributed by atoms with Gasteiger partial charge in [-0.25, -0.2) is 0 Å². The van der Waals surface area contributed by atoms with Crippen LogP contribution in [0.2, 0.25) is 0 Å². The summed E-state index contributed by atoms with van der Waals surface area (Å²) in [6.07, 6.45) is 0. The van der Waals surface area contributed by atoms with Gasteiger partial charge in [0.2, 0.25) is 0 Å².